The van der Waals surface area contributed by atoms with Crippen molar-refractivity contribution in [2.75, 3.05) is 13.1 Å². The van der Waals surface area contributed by atoms with E-state index in [1.54, 1.807) is 18.2 Å². The summed E-state index contributed by atoms with van der Waals surface area (Å²) in [7, 11) is -3.92. The van der Waals surface area contributed by atoms with Crippen LogP contribution in [0.15, 0.2) is 88.9 Å². The van der Waals surface area contributed by atoms with Crippen LogP contribution in [0.5, 0.6) is 0 Å². The van der Waals surface area contributed by atoms with Gasteiger partial charge in [-0.3, -0.25) is 4.79 Å². The molecule has 0 aliphatic rings. The van der Waals surface area contributed by atoms with Crippen LogP contribution in [0.4, 0.5) is 4.39 Å². The maximum absolute atomic E-state index is 13.8. The van der Waals surface area contributed by atoms with Gasteiger partial charge in [-0.25, -0.2) is 18.2 Å². The molecule has 3 aromatic rings. The van der Waals surface area contributed by atoms with Crippen molar-refractivity contribution < 1.29 is 17.6 Å². The van der Waals surface area contributed by atoms with Gasteiger partial charge in [0.15, 0.2) is 0 Å². The lowest BCUT2D eigenvalue weighted by Gasteiger charge is -2.21. The summed E-state index contributed by atoms with van der Waals surface area (Å²) in [5, 5.41) is 3.86. The van der Waals surface area contributed by atoms with Crippen molar-refractivity contribution in [2.24, 2.45) is 5.10 Å². The third-order valence-electron chi connectivity index (χ3n) is 4.58. The zero-order chi connectivity index (χ0) is 23.0. The summed E-state index contributed by atoms with van der Waals surface area (Å²) in [6.07, 6.45) is 1.50. The van der Waals surface area contributed by atoms with Gasteiger partial charge in [-0.2, -0.15) is 9.41 Å². The Bertz CT molecular complexity index is 1170. The smallest absolute Gasteiger partial charge is 0.255 e. The molecule has 0 fully saturated rings. The zero-order valence-electron chi connectivity index (χ0n) is 17.0. The van der Waals surface area contributed by atoms with Crippen molar-refractivity contribution >= 4 is 33.7 Å². The maximum Gasteiger partial charge on any atom is 0.255 e. The average Bonchev–Trinajstić information content (AvgIpc) is 2.79. The molecule has 0 bridgehead atoms. The molecule has 0 aromatic heterocycles. The highest BCUT2D eigenvalue weighted by molar-refractivity contribution is 7.89. The molecule has 0 aliphatic carbocycles. The van der Waals surface area contributed by atoms with E-state index in [0.29, 0.717) is 6.42 Å². The highest BCUT2D eigenvalue weighted by atomic mass is 35.5. The fraction of sp³-hybridized carbons (Fsp3) is 0.130. The number of nitrogens with one attached hydrogen (secondary N) is 1. The fourth-order valence-corrected chi connectivity index (χ4v) is 4.55. The van der Waals surface area contributed by atoms with Gasteiger partial charge in [0, 0.05) is 12.1 Å². The minimum Gasteiger partial charge on any atom is -0.272 e. The second-order valence-corrected chi connectivity index (χ2v) is 9.16. The normalized spacial score (nSPS) is 11.7. The molecular weight excluding hydrogens is 453 g/mol. The van der Waals surface area contributed by atoms with Crippen molar-refractivity contribution in [1.29, 1.82) is 0 Å². The van der Waals surface area contributed by atoms with Gasteiger partial charge < -0.3 is 0 Å². The summed E-state index contributed by atoms with van der Waals surface area (Å²) in [4.78, 5) is 12.5. The van der Waals surface area contributed by atoms with Crippen molar-refractivity contribution in [3.05, 3.63) is 101 Å². The number of rotatable bonds is 9. The van der Waals surface area contributed by atoms with Crippen LogP contribution >= 0.6 is 11.6 Å². The standard InChI is InChI=1S/C23H21ClFN3O3S/c24-21-12-7-13-22(25)20(21)16-26-27-23(29)17-28(15-14-18-8-3-1-4-9-18)32(30,31)19-10-5-2-6-11-19/h1-13,16H,14-15,17H2,(H,27,29)/b26-16-. The monoisotopic (exact) mass is 473 g/mol. The molecule has 6 nitrogen and oxygen atoms in total. The highest BCUT2D eigenvalue weighted by Crippen LogP contribution is 2.17. The van der Waals surface area contributed by atoms with Crippen molar-refractivity contribution in [3.63, 3.8) is 0 Å². The minimum atomic E-state index is -3.92. The van der Waals surface area contributed by atoms with Gasteiger partial charge in [0.25, 0.3) is 5.91 Å². The van der Waals surface area contributed by atoms with Gasteiger partial charge in [0.1, 0.15) is 5.82 Å². The molecule has 0 unspecified atom stereocenters. The first-order valence-electron chi connectivity index (χ1n) is 9.73. The van der Waals surface area contributed by atoms with E-state index in [-0.39, 0.29) is 22.0 Å². The van der Waals surface area contributed by atoms with Crippen LogP contribution in [0.1, 0.15) is 11.1 Å². The zero-order valence-corrected chi connectivity index (χ0v) is 18.6. The molecule has 0 aliphatic heterocycles. The topological polar surface area (TPSA) is 78.8 Å². The van der Waals surface area contributed by atoms with E-state index in [1.165, 1.54) is 30.3 Å². The molecule has 0 saturated heterocycles. The van der Waals surface area contributed by atoms with E-state index in [0.717, 1.165) is 16.1 Å². The van der Waals surface area contributed by atoms with Gasteiger partial charge >= 0.3 is 0 Å². The van der Waals surface area contributed by atoms with Crippen molar-refractivity contribution in [1.82, 2.24) is 9.73 Å². The van der Waals surface area contributed by atoms with E-state index in [2.05, 4.69) is 10.5 Å². The second kappa shape index (κ2) is 11.0. The third-order valence-corrected chi connectivity index (χ3v) is 6.77. The van der Waals surface area contributed by atoms with Crippen LogP contribution in [-0.4, -0.2) is 37.9 Å². The fourth-order valence-electron chi connectivity index (χ4n) is 2.92. The minimum absolute atomic E-state index is 0.0207. The number of nitrogens with zero attached hydrogens (tertiary/aromatic N) is 2. The summed E-state index contributed by atoms with van der Waals surface area (Å²) < 4.78 is 41.1. The van der Waals surface area contributed by atoms with Crippen molar-refractivity contribution in [2.45, 2.75) is 11.3 Å². The lowest BCUT2D eigenvalue weighted by Crippen LogP contribution is -2.40. The first-order chi connectivity index (χ1) is 15.4. The molecular formula is C23H21ClFN3O3S. The van der Waals surface area contributed by atoms with E-state index in [4.69, 9.17) is 11.6 Å². The highest BCUT2D eigenvalue weighted by Gasteiger charge is 2.26. The van der Waals surface area contributed by atoms with Gasteiger partial charge in [-0.15, -0.1) is 0 Å². The first-order valence-corrected chi connectivity index (χ1v) is 11.5. The summed E-state index contributed by atoms with van der Waals surface area (Å²) in [5.74, 6) is -1.26. The number of benzene rings is 3. The summed E-state index contributed by atoms with van der Waals surface area (Å²) in [5.41, 5.74) is 3.20. The van der Waals surface area contributed by atoms with E-state index >= 15 is 0 Å². The lowest BCUT2D eigenvalue weighted by molar-refractivity contribution is -0.121. The Balaban J connectivity index is 1.74. The van der Waals surface area contributed by atoms with Crippen LogP contribution in [0.3, 0.4) is 0 Å². The molecule has 166 valence electrons. The summed E-state index contributed by atoms with van der Waals surface area (Å²) in [6.45, 7) is -0.357. The Kier molecular flexibility index (Phi) is 8.10. The van der Waals surface area contributed by atoms with Gasteiger partial charge in [-0.1, -0.05) is 66.2 Å². The van der Waals surface area contributed by atoms with Crippen LogP contribution in [0.25, 0.3) is 0 Å². The molecule has 0 spiro atoms. The molecule has 1 amide bonds. The number of hydrogen-bond acceptors (Lipinski definition) is 4. The largest absolute Gasteiger partial charge is 0.272 e. The van der Waals surface area contributed by atoms with Gasteiger partial charge in [0.05, 0.1) is 22.7 Å². The quantitative estimate of drug-likeness (QED) is 0.378. The number of hydrogen-bond donors (Lipinski definition) is 1. The van der Waals surface area contributed by atoms with Gasteiger partial charge in [-0.05, 0) is 36.2 Å². The van der Waals surface area contributed by atoms with Crippen LogP contribution in [0, 0.1) is 5.82 Å². The molecule has 0 saturated carbocycles. The van der Waals surface area contributed by atoms with Crippen LogP contribution < -0.4 is 5.43 Å². The average molecular weight is 474 g/mol. The Morgan fingerprint density at radius 1 is 1.00 bits per heavy atom. The van der Waals surface area contributed by atoms with Crippen molar-refractivity contribution in [3.8, 4) is 0 Å². The Morgan fingerprint density at radius 2 is 1.66 bits per heavy atom. The van der Waals surface area contributed by atoms with Crippen LogP contribution in [0.2, 0.25) is 5.02 Å². The molecule has 0 heterocycles. The third kappa shape index (κ3) is 6.23. The van der Waals surface area contributed by atoms with E-state index in [9.17, 15) is 17.6 Å². The Labute approximate surface area is 191 Å². The molecule has 1 N–H and O–H groups in total. The Morgan fingerprint density at radius 3 is 2.31 bits per heavy atom. The lowest BCUT2D eigenvalue weighted by atomic mass is 10.1. The number of carbonyl (C=O) groups is 1. The predicted octanol–water partition coefficient (Wildman–Crippen LogP) is 3.86. The molecule has 0 atom stereocenters. The second-order valence-electron chi connectivity index (χ2n) is 6.82. The number of carbonyl (C=O) groups excluding carboxylic acids is 1. The molecule has 32 heavy (non-hydrogen) atoms. The van der Waals surface area contributed by atoms with Crippen LogP contribution in [-0.2, 0) is 21.2 Å². The number of amides is 1. The molecule has 3 rings (SSSR count). The molecule has 9 heteroatoms. The number of sulfonamides is 1. The summed E-state index contributed by atoms with van der Waals surface area (Å²) >= 11 is 5.92. The molecule has 3 aromatic carbocycles. The number of hydrazone groups is 1. The summed E-state index contributed by atoms with van der Waals surface area (Å²) in [6, 6.07) is 21.4. The Hall–Kier alpha value is -3.07. The predicted molar refractivity (Wildman–Crippen MR) is 122 cm³/mol. The SMILES string of the molecule is O=C(CN(CCc1ccccc1)S(=O)(=O)c1ccccc1)N/N=C\c1c(F)cccc1Cl. The van der Waals surface area contributed by atoms with E-state index < -0.39 is 28.3 Å². The molecule has 0 radical (unpaired) electrons. The first kappa shape index (κ1) is 23.6. The van der Waals surface area contributed by atoms with Gasteiger partial charge in [0.2, 0.25) is 10.0 Å². The number of halogens is 2. The van der Waals surface area contributed by atoms with E-state index in [1.807, 2.05) is 30.3 Å². The maximum atomic E-state index is 13.8.